The molecule has 2 saturated heterocycles. The first-order chi connectivity index (χ1) is 10.9. The number of aromatic nitrogens is 2. The van der Waals surface area contributed by atoms with Crippen molar-refractivity contribution < 1.29 is 18.0 Å². The van der Waals surface area contributed by atoms with Crippen LogP contribution in [0.4, 0.5) is 13.2 Å². The summed E-state index contributed by atoms with van der Waals surface area (Å²) < 4.78 is 40.8. The molecule has 25 heavy (non-hydrogen) atoms. The highest BCUT2D eigenvalue weighted by atomic mass is 35.5. The van der Waals surface area contributed by atoms with Crippen LogP contribution < -0.4 is 5.32 Å². The molecule has 10 heteroatoms. The van der Waals surface area contributed by atoms with Gasteiger partial charge in [-0.15, -0.1) is 24.8 Å². The third kappa shape index (κ3) is 4.80. The molecule has 2 aliphatic heterocycles. The second kappa shape index (κ2) is 8.60. The van der Waals surface area contributed by atoms with Crippen LogP contribution in [0.25, 0.3) is 0 Å². The molecule has 0 aliphatic carbocycles. The zero-order valence-electron chi connectivity index (χ0n) is 13.8. The molecule has 0 radical (unpaired) electrons. The van der Waals surface area contributed by atoms with Crippen LogP contribution in [0.15, 0.2) is 12.4 Å². The predicted molar refractivity (Wildman–Crippen MR) is 92.2 cm³/mol. The first-order valence-electron chi connectivity index (χ1n) is 7.91. The minimum atomic E-state index is -4.32. The van der Waals surface area contributed by atoms with Crippen molar-refractivity contribution >= 4 is 30.7 Å². The number of likely N-dealkylation sites (tertiary alicyclic amines) is 1. The fourth-order valence-corrected chi connectivity index (χ4v) is 3.60. The van der Waals surface area contributed by atoms with Gasteiger partial charge in [-0.05, 0) is 24.3 Å². The van der Waals surface area contributed by atoms with Crippen molar-refractivity contribution in [1.29, 1.82) is 0 Å². The number of aryl methyl sites for hydroxylation is 1. The van der Waals surface area contributed by atoms with Gasteiger partial charge in [0.1, 0.15) is 0 Å². The molecule has 2 aliphatic rings. The number of nitrogens with zero attached hydrogens (tertiary/aromatic N) is 3. The third-order valence-corrected chi connectivity index (χ3v) is 4.95. The molecule has 3 heterocycles. The van der Waals surface area contributed by atoms with Gasteiger partial charge in [-0.1, -0.05) is 0 Å². The maximum atomic E-state index is 13.0. The summed E-state index contributed by atoms with van der Waals surface area (Å²) in [5.41, 5.74) is 1.13. The Kier molecular flexibility index (Phi) is 7.58. The average molecular weight is 403 g/mol. The molecule has 144 valence electrons. The normalized spacial score (nSPS) is 24.6. The standard InChI is InChI=1S/C15H21F3N4O.2ClH/c1-21-9-11(6-20-21)10-2-4-22(5-3-10)14(23)12-7-19-8-13(12)15(16,17)18;;/h6,9-10,12-13,19H,2-5,7-8H2,1H3;2*1H/t12-,13-;;/m1../s1. The van der Waals surface area contributed by atoms with E-state index in [1.807, 2.05) is 19.4 Å². The molecule has 0 saturated carbocycles. The monoisotopic (exact) mass is 402 g/mol. The van der Waals surface area contributed by atoms with Crippen LogP contribution in [-0.2, 0) is 11.8 Å². The van der Waals surface area contributed by atoms with Gasteiger partial charge in [0.05, 0.1) is 18.0 Å². The Balaban J connectivity index is 0.00000156. The topological polar surface area (TPSA) is 50.2 Å². The highest BCUT2D eigenvalue weighted by Gasteiger charge is 2.50. The van der Waals surface area contributed by atoms with E-state index in [9.17, 15) is 18.0 Å². The lowest BCUT2D eigenvalue weighted by atomic mass is 9.89. The van der Waals surface area contributed by atoms with Gasteiger partial charge in [-0.2, -0.15) is 18.3 Å². The van der Waals surface area contributed by atoms with Crippen molar-refractivity contribution in [3.05, 3.63) is 18.0 Å². The van der Waals surface area contributed by atoms with Gasteiger partial charge in [0.2, 0.25) is 5.91 Å². The largest absolute Gasteiger partial charge is 0.393 e. The Bertz CT molecular complexity index is 573. The molecule has 0 bridgehead atoms. The minimum Gasteiger partial charge on any atom is -0.342 e. The van der Waals surface area contributed by atoms with E-state index in [2.05, 4.69) is 10.4 Å². The summed E-state index contributed by atoms with van der Waals surface area (Å²) in [6, 6.07) is 0. The van der Waals surface area contributed by atoms with Gasteiger partial charge >= 0.3 is 6.18 Å². The van der Waals surface area contributed by atoms with Crippen molar-refractivity contribution in [2.45, 2.75) is 24.9 Å². The Hall–Kier alpha value is -0.990. The molecule has 1 amide bonds. The summed E-state index contributed by atoms with van der Waals surface area (Å²) in [7, 11) is 1.85. The SMILES string of the molecule is Cl.Cl.Cn1cc(C2CCN(C(=O)[C@@H]3CNC[C@H]3C(F)(F)F)CC2)cn1. The second-order valence-corrected chi connectivity index (χ2v) is 6.46. The van der Waals surface area contributed by atoms with Gasteiger partial charge in [0.15, 0.2) is 0 Å². The van der Waals surface area contributed by atoms with Gasteiger partial charge in [0, 0.05) is 39.4 Å². The van der Waals surface area contributed by atoms with Crippen LogP contribution in [0, 0.1) is 11.8 Å². The molecule has 5 nitrogen and oxygen atoms in total. The molecule has 1 aromatic rings. The summed E-state index contributed by atoms with van der Waals surface area (Å²) in [5, 5.41) is 6.86. The van der Waals surface area contributed by atoms with E-state index in [4.69, 9.17) is 0 Å². The third-order valence-electron chi connectivity index (χ3n) is 4.95. The summed E-state index contributed by atoms with van der Waals surface area (Å²) >= 11 is 0. The van der Waals surface area contributed by atoms with Crippen LogP contribution in [0.1, 0.15) is 24.3 Å². The average Bonchev–Trinajstić information content (AvgIpc) is 3.15. The highest BCUT2D eigenvalue weighted by molar-refractivity contribution is 5.85. The van der Waals surface area contributed by atoms with Crippen molar-refractivity contribution in [2.24, 2.45) is 18.9 Å². The lowest BCUT2D eigenvalue weighted by Crippen LogP contribution is -2.45. The summed E-state index contributed by atoms with van der Waals surface area (Å²) in [4.78, 5) is 14.1. The quantitative estimate of drug-likeness (QED) is 0.825. The van der Waals surface area contributed by atoms with Crippen LogP contribution >= 0.6 is 24.8 Å². The highest BCUT2D eigenvalue weighted by Crippen LogP contribution is 2.36. The number of hydrogen-bond donors (Lipinski definition) is 1. The number of carbonyl (C=O) groups excluding carboxylic acids is 1. The summed E-state index contributed by atoms with van der Waals surface area (Å²) in [5.74, 6) is -2.58. The van der Waals surface area contributed by atoms with Gasteiger partial charge in [0.25, 0.3) is 0 Å². The van der Waals surface area contributed by atoms with Gasteiger partial charge in [-0.3, -0.25) is 9.48 Å². The number of rotatable bonds is 2. The molecule has 3 rings (SSSR count). The van der Waals surface area contributed by atoms with E-state index in [-0.39, 0.29) is 43.8 Å². The molecule has 2 atom stereocenters. The fourth-order valence-electron chi connectivity index (χ4n) is 3.60. The Morgan fingerprint density at radius 1 is 1.24 bits per heavy atom. The fraction of sp³-hybridized carbons (Fsp3) is 0.733. The number of hydrogen-bond acceptors (Lipinski definition) is 3. The van der Waals surface area contributed by atoms with E-state index in [1.165, 1.54) is 0 Å². The van der Waals surface area contributed by atoms with Crippen molar-refractivity contribution in [2.75, 3.05) is 26.2 Å². The van der Waals surface area contributed by atoms with E-state index in [0.717, 1.165) is 18.4 Å². The zero-order chi connectivity index (χ0) is 16.6. The second-order valence-electron chi connectivity index (χ2n) is 6.46. The smallest absolute Gasteiger partial charge is 0.342 e. The van der Waals surface area contributed by atoms with E-state index in [0.29, 0.717) is 19.0 Å². The maximum Gasteiger partial charge on any atom is 0.393 e. The maximum absolute atomic E-state index is 13.0. The Morgan fingerprint density at radius 3 is 2.40 bits per heavy atom. The Morgan fingerprint density at radius 2 is 1.88 bits per heavy atom. The summed E-state index contributed by atoms with van der Waals surface area (Å²) in [6.07, 6.45) is 1.01. The number of nitrogens with one attached hydrogen (secondary N) is 1. The van der Waals surface area contributed by atoms with Gasteiger partial charge in [-0.25, -0.2) is 0 Å². The molecular formula is C15H23Cl2F3N4O. The molecule has 1 N–H and O–H groups in total. The van der Waals surface area contributed by atoms with Crippen molar-refractivity contribution in [3.63, 3.8) is 0 Å². The number of amides is 1. The van der Waals surface area contributed by atoms with Crippen molar-refractivity contribution in [3.8, 4) is 0 Å². The van der Waals surface area contributed by atoms with E-state index < -0.39 is 18.0 Å². The van der Waals surface area contributed by atoms with E-state index in [1.54, 1.807) is 9.58 Å². The van der Waals surface area contributed by atoms with Crippen molar-refractivity contribution in [1.82, 2.24) is 20.0 Å². The number of carbonyl (C=O) groups is 1. The lowest BCUT2D eigenvalue weighted by molar-refractivity contribution is -0.185. The zero-order valence-corrected chi connectivity index (χ0v) is 15.5. The van der Waals surface area contributed by atoms with Crippen LogP contribution in [0.2, 0.25) is 0 Å². The molecule has 2 fully saturated rings. The van der Waals surface area contributed by atoms with Crippen LogP contribution in [0.3, 0.4) is 0 Å². The molecule has 1 aromatic heterocycles. The lowest BCUT2D eigenvalue weighted by Gasteiger charge is -2.34. The number of halogens is 5. The number of alkyl halides is 3. The Labute approximate surface area is 157 Å². The minimum absolute atomic E-state index is 0. The van der Waals surface area contributed by atoms with Crippen LogP contribution in [-0.4, -0.2) is 52.9 Å². The van der Waals surface area contributed by atoms with Crippen LogP contribution in [0.5, 0.6) is 0 Å². The first-order valence-corrected chi connectivity index (χ1v) is 7.91. The molecule has 0 spiro atoms. The predicted octanol–water partition coefficient (Wildman–Crippen LogP) is 2.37. The molecule has 0 unspecified atom stereocenters. The molecule has 0 aromatic carbocycles. The van der Waals surface area contributed by atoms with Gasteiger partial charge < -0.3 is 10.2 Å². The summed E-state index contributed by atoms with van der Waals surface area (Å²) in [6.45, 7) is 0.983. The number of piperidine rings is 1. The van der Waals surface area contributed by atoms with E-state index >= 15 is 0 Å². The molecular weight excluding hydrogens is 380 g/mol. The first kappa shape index (κ1) is 22.1.